The van der Waals surface area contributed by atoms with Crippen LogP contribution < -0.4 is 0 Å². The van der Waals surface area contributed by atoms with Crippen molar-refractivity contribution in [2.45, 2.75) is 30.4 Å². The van der Waals surface area contributed by atoms with Gasteiger partial charge in [-0.1, -0.05) is 11.6 Å². The summed E-state index contributed by atoms with van der Waals surface area (Å²) in [7, 11) is -2.85. The average molecular weight is 198 g/mol. The molecule has 2 unspecified atom stereocenters. The highest BCUT2D eigenvalue weighted by Gasteiger charge is 2.57. The molecule has 4 bridgehead atoms. The Hall–Kier alpha value is -0.310. The number of sulfone groups is 1. The van der Waals surface area contributed by atoms with Crippen LogP contribution in [0.25, 0.3) is 0 Å². The first kappa shape index (κ1) is 8.04. The van der Waals surface area contributed by atoms with E-state index in [1.54, 1.807) is 5.57 Å². The number of fused-ring (bicyclic) bond motifs is 1. The third kappa shape index (κ3) is 0.815. The van der Waals surface area contributed by atoms with Gasteiger partial charge in [-0.15, -0.1) is 0 Å². The van der Waals surface area contributed by atoms with Crippen molar-refractivity contribution in [3.8, 4) is 0 Å². The van der Waals surface area contributed by atoms with Crippen molar-refractivity contribution in [1.29, 1.82) is 0 Å². The summed E-state index contributed by atoms with van der Waals surface area (Å²) >= 11 is 0. The smallest absolute Gasteiger partial charge is 0.153 e. The summed E-state index contributed by atoms with van der Waals surface area (Å²) in [4.78, 5) is 0. The predicted octanol–water partition coefficient (Wildman–Crippen LogP) is 1.53. The van der Waals surface area contributed by atoms with Gasteiger partial charge in [-0.05, 0) is 37.5 Å². The SMILES string of the molecule is CS(=O)(=O)C12CC=C3C(CC3C1)C2. The van der Waals surface area contributed by atoms with Gasteiger partial charge in [-0.3, -0.25) is 0 Å². The maximum Gasteiger partial charge on any atom is 0.153 e. The van der Waals surface area contributed by atoms with Crippen LogP contribution in [0, 0.1) is 11.8 Å². The minimum atomic E-state index is -2.85. The first-order valence-electron chi connectivity index (χ1n) is 4.91. The largest absolute Gasteiger partial charge is 0.229 e. The van der Waals surface area contributed by atoms with Crippen molar-refractivity contribution in [2.75, 3.05) is 6.26 Å². The molecule has 5 aliphatic carbocycles. The molecular formula is C10H14O2S. The fourth-order valence-corrected chi connectivity index (χ4v) is 4.82. The Kier molecular flexibility index (Phi) is 1.25. The maximum atomic E-state index is 11.7. The molecule has 0 N–H and O–H groups in total. The molecule has 5 rings (SSSR count). The van der Waals surface area contributed by atoms with Gasteiger partial charge in [0.25, 0.3) is 0 Å². The first-order chi connectivity index (χ1) is 6.02. The molecule has 0 saturated heterocycles. The topological polar surface area (TPSA) is 34.1 Å². The van der Waals surface area contributed by atoms with Crippen molar-refractivity contribution < 1.29 is 8.42 Å². The minimum Gasteiger partial charge on any atom is -0.229 e. The first-order valence-corrected chi connectivity index (χ1v) is 6.81. The monoisotopic (exact) mass is 198 g/mol. The van der Waals surface area contributed by atoms with Crippen LogP contribution in [0.4, 0.5) is 0 Å². The van der Waals surface area contributed by atoms with Gasteiger partial charge < -0.3 is 0 Å². The molecule has 3 saturated carbocycles. The lowest BCUT2D eigenvalue weighted by atomic mass is 9.53. The van der Waals surface area contributed by atoms with Gasteiger partial charge in [-0.2, -0.15) is 0 Å². The van der Waals surface area contributed by atoms with E-state index in [1.165, 1.54) is 12.7 Å². The molecular weight excluding hydrogens is 184 g/mol. The van der Waals surface area contributed by atoms with Crippen LogP contribution in [0.15, 0.2) is 11.6 Å². The van der Waals surface area contributed by atoms with Gasteiger partial charge >= 0.3 is 0 Å². The Bertz CT molecular complexity index is 377. The van der Waals surface area contributed by atoms with E-state index in [1.807, 2.05) is 0 Å². The highest BCUT2D eigenvalue weighted by atomic mass is 32.2. The Balaban J connectivity index is 2.10. The second kappa shape index (κ2) is 2.02. The Morgan fingerprint density at radius 3 is 2.38 bits per heavy atom. The molecule has 0 aliphatic heterocycles. The molecule has 0 radical (unpaired) electrons. The van der Waals surface area contributed by atoms with Crippen LogP contribution in [-0.4, -0.2) is 19.4 Å². The minimum absolute atomic E-state index is 0.359. The van der Waals surface area contributed by atoms with E-state index in [0.29, 0.717) is 11.8 Å². The highest BCUT2D eigenvalue weighted by molar-refractivity contribution is 7.92. The Morgan fingerprint density at radius 2 is 2.00 bits per heavy atom. The molecule has 5 aliphatic rings. The zero-order valence-corrected chi connectivity index (χ0v) is 8.60. The standard InChI is InChI=1S/C10H14O2S/c1-13(11,12)10-3-2-9-7(5-10)4-8(9)6-10/h2,7-8H,3-6H2,1H3. The number of allylic oxidation sites excluding steroid dienone is 2. The number of hydrogen-bond donors (Lipinski definition) is 0. The van der Waals surface area contributed by atoms with Crippen LogP contribution in [0.3, 0.4) is 0 Å². The maximum absolute atomic E-state index is 11.7. The second-order valence-corrected chi connectivity index (χ2v) is 7.31. The molecule has 0 aromatic carbocycles. The number of rotatable bonds is 1. The van der Waals surface area contributed by atoms with Gasteiger partial charge in [0.2, 0.25) is 0 Å². The number of hydrogen-bond acceptors (Lipinski definition) is 2. The van der Waals surface area contributed by atoms with Crippen LogP contribution in [0.1, 0.15) is 25.7 Å². The second-order valence-electron chi connectivity index (χ2n) is 4.90. The molecule has 2 nitrogen and oxygen atoms in total. The van der Waals surface area contributed by atoms with Crippen LogP contribution in [0.2, 0.25) is 0 Å². The summed E-state index contributed by atoms with van der Waals surface area (Å²) in [5.74, 6) is 1.25. The predicted molar refractivity (Wildman–Crippen MR) is 51.1 cm³/mol. The van der Waals surface area contributed by atoms with E-state index < -0.39 is 9.84 Å². The van der Waals surface area contributed by atoms with E-state index in [2.05, 4.69) is 6.08 Å². The van der Waals surface area contributed by atoms with Crippen molar-refractivity contribution >= 4 is 9.84 Å². The zero-order chi connectivity index (χ0) is 9.27. The molecule has 0 amide bonds. The van der Waals surface area contributed by atoms with E-state index in [9.17, 15) is 8.42 Å². The van der Waals surface area contributed by atoms with Gasteiger partial charge in [0.15, 0.2) is 9.84 Å². The molecule has 13 heavy (non-hydrogen) atoms. The summed E-state index contributed by atoms with van der Waals surface area (Å²) in [6.45, 7) is 0. The van der Waals surface area contributed by atoms with Crippen molar-refractivity contribution in [1.82, 2.24) is 0 Å². The summed E-state index contributed by atoms with van der Waals surface area (Å²) in [6, 6.07) is 0. The summed E-state index contributed by atoms with van der Waals surface area (Å²) in [5.41, 5.74) is 1.57. The van der Waals surface area contributed by atoms with Gasteiger partial charge in [0, 0.05) is 6.26 Å². The molecule has 0 aromatic heterocycles. The van der Waals surface area contributed by atoms with Crippen LogP contribution >= 0.6 is 0 Å². The lowest BCUT2D eigenvalue weighted by Crippen LogP contribution is -2.54. The third-order valence-electron chi connectivity index (χ3n) is 4.24. The van der Waals surface area contributed by atoms with Gasteiger partial charge in [0.1, 0.15) is 0 Å². The van der Waals surface area contributed by atoms with Gasteiger partial charge in [-0.25, -0.2) is 8.42 Å². The summed E-state index contributed by atoms with van der Waals surface area (Å²) in [6.07, 6.45) is 7.48. The zero-order valence-electron chi connectivity index (χ0n) is 7.79. The Morgan fingerprint density at radius 1 is 1.38 bits per heavy atom. The van der Waals surface area contributed by atoms with E-state index in [-0.39, 0.29) is 4.75 Å². The van der Waals surface area contributed by atoms with E-state index in [0.717, 1.165) is 19.3 Å². The molecule has 3 fully saturated rings. The van der Waals surface area contributed by atoms with Gasteiger partial charge in [0.05, 0.1) is 4.75 Å². The lowest BCUT2D eigenvalue weighted by molar-refractivity contribution is 0.146. The lowest BCUT2D eigenvalue weighted by Gasteiger charge is -2.56. The summed E-state index contributed by atoms with van der Waals surface area (Å²) in [5, 5.41) is 0. The highest BCUT2D eigenvalue weighted by Crippen LogP contribution is 2.60. The van der Waals surface area contributed by atoms with Crippen LogP contribution in [-0.2, 0) is 9.84 Å². The van der Waals surface area contributed by atoms with Crippen molar-refractivity contribution in [3.05, 3.63) is 11.6 Å². The molecule has 0 heterocycles. The molecule has 0 spiro atoms. The fourth-order valence-electron chi connectivity index (χ4n) is 3.43. The van der Waals surface area contributed by atoms with Crippen LogP contribution in [0.5, 0.6) is 0 Å². The third-order valence-corrected chi connectivity index (χ3v) is 6.32. The average Bonchev–Trinajstić information content (AvgIpc) is 2.02. The molecule has 72 valence electrons. The van der Waals surface area contributed by atoms with E-state index >= 15 is 0 Å². The fraction of sp³-hybridized carbons (Fsp3) is 0.800. The van der Waals surface area contributed by atoms with E-state index in [4.69, 9.17) is 0 Å². The van der Waals surface area contributed by atoms with Crippen molar-refractivity contribution in [2.24, 2.45) is 11.8 Å². The normalized spacial score (nSPS) is 47.0. The Labute approximate surface area is 78.9 Å². The molecule has 0 aromatic rings. The summed E-state index contributed by atoms with van der Waals surface area (Å²) < 4.78 is 23.0. The quantitative estimate of drug-likeness (QED) is 0.599. The molecule has 2 atom stereocenters. The molecule has 3 heteroatoms. The van der Waals surface area contributed by atoms with Crippen molar-refractivity contribution in [3.63, 3.8) is 0 Å².